The second kappa shape index (κ2) is 6.15. The van der Waals surface area contributed by atoms with Crippen LogP contribution in [0.5, 0.6) is 0 Å². The van der Waals surface area contributed by atoms with E-state index >= 15 is 0 Å². The van der Waals surface area contributed by atoms with Gasteiger partial charge < -0.3 is 9.80 Å². The zero-order chi connectivity index (χ0) is 14.9. The number of carbonyl (C=O) groups is 1. The highest BCUT2D eigenvalue weighted by molar-refractivity contribution is 5.82. The maximum atomic E-state index is 12.2. The normalized spacial score (nSPS) is 33.1. The standard InChI is InChI=1S/C17H32N2O/c1-17(2,3)14-6-7-16(20)13(10-14)11-19-9-8-15(12-19)18(4)5/h13-15H,6-12H2,1-5H3. The molecule has 1 heterocycles. The molecule has 1 aliphatic heterocycles. The molecule has 0 aromatic carbocycles. The Morgan fingerprint density at radius 2 is 1.95 bits per heavy atom. The average molecular weight is 280 g/mol. The van der Waals surface area contributed by atoms with Crippen LogP contribution in [0.1, 0.15) is 46.5 Å². The number of hydrogen-bond donors (Lipinski definition) is 0. The molecule has 0 radical (unpaired) electrons. The molecule has 3 unspecified atom stereocenters. The molecule has 0 bridgehead atoms. The van der Waals surface area contributed by atoms with Crippen LogP contribution in [0.4, 0.5) is 0 Å². The average Bonchev–Trinajstić information content (AvgIpc) is 2.79. The molecule has 0 aromatic rings. The smallest absolute Gasteiger partial charge is 0.137 e. The topological polar surface area (TPSA) is 23.6 Å². The van der Waals surface area contributed by atoms with E-state index in [9.17, 15) is 4.79 Å². The van der Waals surface area contributed by atoms with Gasteiger partial charge in [-0.3, -0.25) is 4.79 Å². The van der Waals surface area contributed by atoms with Gasteiger partial charge in [-0.2, -0.15) is 0 Å². The van der Waals surface area contributed by atoms with Crippen molar-refractivity contribution in [1.82, 2.24) is 9.80 Å². The molecule has 1 saturated carbocycles. The number of hydrogen-bond acceptors (Lipinski definition) is 3. The summed E-state index contributed by atoms with van der Waals surface area (Å²) in [5.74, 6) is 1.50. The third-order valence-corrected chi connectivity index (χ3v) is 5.44. The van der Waals surface area contributed by atoms with Gasteiger partial charge in [-0.15, -0.1) is 0 Å². The number of Topliss-reactive ketones (excluding diaryl/α,β-unsaturated/α-hetero) is 1. The maximum absolute atomic E-state index is 12.2. The van der Waals surface area contributed by atoms with Crippen molar-refractivity contribution in [3.8, 4) is 0 Å². The van der Waals surface area contributed by atoms with Crippen LogP contribution in [0.2, 0.25) is 0 Å². The van der Waals surface area contributed by atoms with Crippen LogP contribution >= 0.6 is 0 Å². The molecule has 2 rings (SSSR count). The molecule has 0 aromatic heterocycles. The second-order valence-electron chi connectivity index (χ2n) is 8.17. The quantitative estimate of drug-likeness (QED) is 0.794. The van der Waals surface area contributed by atoms with Gasteiger partial charge in [-0.1, -0.05) is 20.8 Å². The summed E-state index contributed by atoms with van der Waals surface area (Å²) in [6.07, 6.45) is 4.25. The summed E-state index contributed by atoms with van der Waals surface area (Å²) in [5.41, 5.74) is 0.343. The summed E-state index contributed by atoms with van der Waals surface area (Å²) in [7, 11) is 4.32. The molecule has 0 spiro atoms. The first-order chi connectivity index (χ1) is 9.27. The van der Waals surface area contributed by atoms with Crippen LogP contribution < -0.4 is 0 Å². The lowest BCUT2D eigenvalue weighted by Crippen LogP contribution is -2.39. The monoisotopic (exact) mass is 280 g/mol. The van der Waals surface area contributed by atoms with E-state index in [1.54, 1.807) is 0 Å². The van der Waals surface area contributed by atoms with Gasteiger partial charge in [0.15, 0.2) is 0 Å². The fourth-order valence-corrected chi connectivity index (χ4v) is 3.79. The zero-order valence-electron chi connectivity index (χ0n) is 14.0. The minimum atomic E-state index is 0.286. The minimum absolute atomic E-state index is 0.286. The van der Waals surface area contributed by atoms with E-state index in [1.165, 1.54) is 6.42 Å². The number of carbonyl (C=O) groups excluding carboxylic acids is 1. The van der Waals surface area contributed by atoms with Crippen molar-refractivity contribution >= 4 is 5.78 Å². The van der Waals surface area contributed by atoms with E-state index in [-0.39, 0.29) is 5.92 Å². The van der Waals surface area contributed by atoms with Crippen molar-refractivity contribution < 1.29 is 4.79 Å². The van der Waals surface area contributed by atoms with Gasteiger partial charge in [0, 0.05) is 31.5 Å². The van der Waals surface area contributed by atoms with Crippen LogP contribution in [-0.2, 0) is 4.79 Å². The first kappa shape index (κ1) is 16.0. The SMILES string of the molecule is CN(C)C1CCN(CC2CC(C(C)(C)C)CCC2=O)C1. The minimum Gasteiger partial charge on any atom is -0.305 e. The van der Waals surface area contributed by atoms with E-state index in [4.69, 9.17) is 0 Å². The Morgan fingerprint density at radius 3 is 2.50 bits per heavy atom. The highest BCUT2D eigenvalue weighted by atomic mass is 16.1. The largest absolute Gasteiger partial charge is 0.305 e. The van der Waals surface area contributed by atoms with Crippen LogP contribution in [0, 0.1) is 17.3 Å². The Balaban J connectivity index is 1.89. The highest BCUT2D eigenvalue weighted by Gasteiger charge is 2.36. The molecule has 20 heavy (non-hydrogen) atoms. The first-order valence-electron chi connectivity index (χ1n) is 8.19. The molecule has 0 N–H and O–H groups in total. The zero-order valence-corrected chi connectivity index (χ0v) is 14.0. The molecule has 116 valence electrons. The number of ketones is 1. The highest BCUT2D eigenvalue weighted by Crippen LogP contribution is 2.39. The first-order valence-corrected chi connectivity index (χ1v) is 8.19. The summed E-state index contributed by atoms with van der Waals surface area (Å²) in [6.45, 7) is 10.3. The third kappa shape index (κ3) is 3.82. The van der Waals surface area contributed by atoms with Crippen molar-refractivity contribution in [2.24, 2.45) is 17.3 Å². The molecule has 1 saturated heterocycles. The van der Waals surface area contributed by atoms with Gasteiger partial charge in [0.05, 0.1) is 0 Å². The van der Waals surface area contributed by atoms with Crippen LogP contribution in [-0.4, -0.2) is 55.4 Å². The van der Waals surface area contributed by atoms with Crippen LogP contribution in [0.15, 0.2) is 0 Å². The molecule has 0 amide bonds. The predicted octanol–water partition coefficient (Wildman–Crippen LogP) is 2.65. The Hall–Kier alpha value is -0.410. The predicted molar refractivity (Wildman–Crippen MR) is 83.8 cm³/mol. The molecular formula is C17H32N2O. The van der Waals surface area contributed by atoms with Gasteiger partial charge in [-0.25, -0.2) is 0 Å². The van der Waals surface area contributed by atoms with Crippen molar-refractivity contribution in [2.45, 2.75) is 52.5 Å². The lowest BCUT2D eigenvalue weighted by molar-refractivity contribution is -0.127. The van der Waals surface area contributed by atoms with E-state index in [2.05, 4.69) is 44.7 Å². The summed E-state index contributed by atoms with van der Waals surface area (Å²) in [6, 6.07) is 0.673. The third-order valence-electron chi connectivity index (χ3n) is 5.44. The second-order valence-corrected chi connectivity index (χ2v) is 8.17. The van der Waals surface area contributed by atoms with Crippen LogP contribution in [0.25, 0.3) is 0 Å². The lowest BCUT2D eigenvalue weighted by atomic mass is 9.68. The number of likely N-dealkylation sites (tertiary alicyclic amines) is 1. The number of likely N-dealkylation sites (N-methyl/N-ethyl adjacent to an activating group) is 1. The van der Waals surface area contributed by atoms with Crippen molar-refractivity contribution in [2.75, 3.05) is 33.7 Å². The molecular weight excluding hydrogens is 248 g/mol. The summed E-state index contributed by atoms with van der Waals surface area (Å²) < 4.78 is 0. The Morgan fingerprint density at radius 1 is 1.25 bits per heavy atom. The number of nitrogens with zero attached hydrogens (tertiary/aromatic N) is 2. The molecule has 1 aliphatic carbocycles. The van der Waals surface area contributed by atoms with Gasteiger partial charge >= 0.3 is 0 Å². The fraction of sp³-hybridized carbons (Fsp3) is 0.941. The van der Waals surface area contributed by atoms with Crippen molar-refractivity contribution in [3.05, 3.63) is 0 Å². The molecule has 3 heteroatoms. The Kier molecular flexibility index (Phi) is 4.91. The Bertz CT molecular complexity index is 345. The summed E-state index contributed by atoms with van der Waals surface area (Å²) >= 11 is 0. The molecule has 2 aliphatic rings. The summed E-state index contributed by atoms with van der Waals surface area (Å²) in [4.78, 5) is 17.1. The molecule has 3 atom stereocenters. The van der Waals surface area contributed by atoms with E-state index < -0.39 is 0 Å². The van der Waals surface area contributed by atoms with E-state index in [0.29, 0.717) is 23.2 Å². The Labute approximate surface area is 124 Å². The van der Waals surface area contributed by atoms with Gasteiger partial charge in [0.2, 0.25) is 0 Å². The van der Waals surface area contributed by atoms with Crippen molar-refractivity contribution in [1.29, 1.82) is 0 Å². The van der Waals surface area contributed by atoms with Gasteiger partial charge in [0.1, 0.15) is 5.78 Å². The van der Waals surface area contributed by atoms with Crippen LogP contribution in [0.3, 0.4) is 0 Å². The lowest BCUT2D eigenvalue weighted by Gasteiger charge is -2.38. The van der Waals surface area contributed by atoms with E-state index in [0.717, 1.165) is 38.9 Å². The maximum Gasteiger partial charge on any atom is 0.137 e. The molecule has 3 nitrogen and oxygen atoms in total. The van der Waals surface area contributed by atoms with Gasteiger partial charge in [-0.05, 0) is 51.2 Å². The van der Waals surface area contributed by atoms with Crippen molar-refractivity contribution in [3.63, 3.8) is 0 Å². The van der Waals surface area contributed by atoms with Gasteiger partial charge in [0.25, 0.3) is 0 Å². The number of rotatable bonds is 3. The van der Waals surface area contributed by atoms with E-state index in [1.807, 2.05) is 0 Å². The summed E-state index contributed by atoms with van der Waals surface area (Å²) in [5, 5.41) is 0. The fourth-order valence-electron chi connectivity index (χ4n) is 3.79. The molecule has 2 fully saturated rings.